The van der Waals surface area contributed by atoms with E-state index in [0.717, 1.165) is 97.4 Å². The quantitative estimate of drug-likeness (QED) is 0.0241. The molecule has 0 fully saturated rings. The van der Waals surface area contributed by atoms with Gasteiger partial charge in [-0.1, -0.05) is 181 Å². The largest absolute Gasteiger partial charge is 0.573 e. The summed E-state index contributed by atoms with van der Waals surface area (Å²) in [6.07, 6.45) is -33.5. The Kier molecular flexibility index (Phi) is 31.9. The van der Waals surface area contributed by atoms with Crippen molar-refractivity contribution in [1.82, 2.24) is 16.0 Å². The second-order valence-electron chi connectivity index (χ2n) is 28.7. The fourth-order valence-corrected chi connectivity index (χ4v) is 13.9. The lowest BCUT2D eigenvalue weighted by Crippen LogP contribution is -2.44. The van der Waals surface area contributed by atoms with Crippen LogP contribution in [0.2, 0.25) is 0 Å². The molecule has 0 aliphatic carbocycles. The lowest BCUT2D eigenvalue weighted by molar-refractivity contribution is -0.275. The molecule has 12 aromatic rings. The molecule has 3 amide bonds. The molecule has 0 bridgehead atoms. The predicted molar refractivity (Wildman–Crippen MR) is 426 cm³/mol. The standard InChI is InChI=1S/C32H23F10NO4.C31H25F6NO4.C30H22F7NO4/c1-18-25(33)24(27(35)28(36)26(18)34)16-45-29(44)43-17-30(15-19-7-3-2-4-8-19,20-9-5-11-22(13-20)46-31(37,38)39)21-10-6-12-23(14-21)47-32(40,41)42;1-21-13-15-25(16-14-21)40-28(39)38-20-29(19-22-7-3-2-4-8-22,23-9-5-11-26(17-23)41-30(32,33)34)24-10-6-12-27(18-24)42-31(35,36)37;31-23-12-14-24(15-13-23)40-27(39)38-19-28(18-20-6-2-1-3-7-20,21-8-4-10-25(16-21)41-29(32,33)34)22-9-5-11-26(17-22)42-30(35,36)37/h2-14H,15-17H2,1H3,(H,43,44);2-18H,19-20H2,1H3,(H,38,39);1-17H,18-19H2,(H,38,39). The fourth-order valence-electron chi connectivity index (χ4n) is 13.9. The van der Waals surface area contributed by atoms with Crippen molar-refractivity contribution in [3.8, 4) is 46.0 Å². The number of alkyl halides is 18. The first kappa shape index (κ1) is 98.8. The molecule has 12 aromatic carbocycles. The first-order valence-corrected chi connectivity index (χ1v) is 38.4. The maximum atomic E-state index is 14.5. The lowest BCUT2D eigenvalue weighted by Gasteiger charge is -2.36. The molecular weight excluding hydrogens is 1790 g/mol. The topological polar surface area (TPSA) is 170 Å². The molecule has 12 rings (SSSR count). The van der Waals surface area contributed by atoms with Gasteiger partial charge in [-0.15, -0.1) is 79.0 Å². The predicted octanol–water partition coefficient (Wildman–Crippen LogP) is 24.9. The van der Waals surface area contributed by atoms with E-state index in [1.807, 2.05) is 6.92 Å². The van der Waals surface area contributed by atoms with Crippen LogP contribution in [0.5, 0.6) is 46.0 Å². The lowest BCUT2D eigenvalue weighted by atomic mass is 9.70. The monoisotopic (exact) mass is 1860 g/mol. The molecule has 0 heterocycles. The smallest absolute Gasteiger partial charge is 0.444 e. The van der Waals surface area contributed by atoms with E-state index in [4.69, 9.17) is 14.2 Å². The zero-order valence-corrected chi connectivity index (χ0v) is 67.7. The molecule has 0 aliphatic heterocycles. The Labute approximate surface area is 730 Å². The summed E-state index contributed by atoms with van der Waals surface area (Å²) in [7, 11) is 0. The van der Waals surface area contributed by atoms with Gasteiger partial charge in [-0.3, -0.25) is 0 Å². The number of aryl methyl sites for hydroxylation is 1. The van der Waals surface area contributed by atoms with Crippen LogP contribution in [0.3, 0.4) is 0 Å². The highest BCUT2D eigenvalue weighted by Gasteiger charge is 2.44. The summed E-state index contributed by atoms with van der Waals surface area (Å²) in [6, 6.07) is 65.8. The van der Waals surface area contributed by atoms with Gasteiger partial charge in [0.15, 0.2) is 17.5 Å². The van der Waals surface area contributed by atoms with Crippen LogP contribution in [0.1, 0.15) is 66.8 Å². The molecule has 0 saturated heterocycles. The SMILES string of the molecule is Cc1c(F)c(F)c(F)c(COC(=O)NCC(Cc2ccccc2)(c2cccc(OC(F)(F)F)c2)c2cccc(OC(F)(F)F)c2)c1F.Cc1ccc(OC(=O)NCC(Cc2ccccc2)(c2cccc(OC(F)(F)F)c2)c2cccc(OC(F)(F)F)c2)cc1.O=C(NCC(Cc1ccccc1)(c1cccc(OC(F)(F)F)c1)c1cccc(OC(F)(F)F)c1)Oc1ccc(F)cc1. The number of hydrogen-bond donors (Lipinski definition) is 3. The molecule has 38 heteroatoms. The average Bonchev–Trinajstić information content (AvgIpc) is 0.770. The number of alkyl carbamates (subject to hydrolysis) is 1. The van der Waals surface area contributed by atoms with Crippen molar-refractivity contribution >= 4 is 18.3 Å². The average molecular weight is 1860 g/mol. The van der Waals surface area contributed by atoms with Crippen LogP contribution in [-0.2, 0) is 46.9 Å². The summed E-state index contributed by atoms with van der Waals surface area (Å²) in [5.41, 5.74) is -2.85. The highest BCUT2D eigenvalue weighted by atomic mass is 19.4. The van der Waals surface area contributed by atoms with E-state index < -0.39 is 161 Å². The summed E-state index contributed by atoms with van der Waals surface area (Å²) in [5, 5.41) is 7.54. The van der Waals surface area contributed by atoms with Crippen LogP contribution >= 0.6 is 0 Å². The third-order valence-electron chi connectivity index (χ3n) is 19.5. The van der Waals surface area contributed by atoms with Gasteiger partial charge in [-0.2, -0.15) is 0 Å². The molecule has 0 atom stereocenters. The number of amides is 3. The molecular formula is C93H70F23N3O12. The maximum absolute atomic E-state index is 14.5. The van der Waals surface area contributed by atoms with Gasteiger partial charge in [0.1, 0.15) is 64.2 Å². The number of nitrogens with one attached hydrogen (secondary N) is 3. The molecule has 3 N–H and O–H groups in total. The summed E-state index contributed by atoms with van der Waals surface area (Å²) in [5.74, 6) is -11.1. The van der Waals surface area contributed by atoms with Crippen molar-refractivity contribution in [1.29, 1.82) is 0 Å². The molecule has 0 aromatic heterocycles. The Morgan fingerprint density at radius 2 is 0.519 bits per heavy atom. The van der Waals surface area contributed by atoms with Gasteiger partial charge in [0.25, 0.3) is 0 Å². The van der Waals surface area contributed by atoms with E-state index >= 15 is 0 Å². The van der Waals surface area contributed by atoms with Gasteiger partial charge >= 0.3 is 56.5 Å². The van der Waals surface area contributed by atoms with E-state index in [0.29, 0.717) is 16.7 Å². The maximum Gasteiger partial charge on any atom is 0.573 e. The third-order valence-corrected chi connectivity index (χ3v) is 19.5. The van der Waals surface area contributed by atoms with Crippen molar-refractivity contribution in [2.24, 2.45) is 0 Å². The number of halogens is 23. The number of benzene rings is 12. The summed E-state index contributed by atoms with van der Waals surface area (Å²) >= 11 is 0. The zero-order chi connectivity index (χ0) is 95.3. The molecule has 0 aliphatic rings. The minimum absolute atomic E-state index is 0.00343. The van der Waals surface area contributed by atoms with Crippen LogP contribution in [0.15, 0.2) is 285 Å². The normalized spacial score (nSPS) is 12.0. The molecule has 131 heavy (non-hydrogen) atoms. The van der Waals surface area contributed by atoms with E-state index in [-0.39, 0.29) is 77.2 Å². The summed E-state index contributed by atoms with van der Waals surface area (Å²) in [6.45, 7) is 0.270. The van der Waals surface area contributed by atoms with E-state index in [2.05, 4.69) is 44.4 Å². The van der Waals surface area contributed by atoms with Gasteiger partial charge in [-0.05, 0) is 192 Å². The van der Waals surface area contributed by atoms with Crippen LogP contribution in [0.4, 0.5) is 115 Å². The van der Waals surface area contributed by atoms with Crippen molar-refractivity contribution in [2.75, 3.05) is 19.6 Å². The summed E-state index contributed by atoms with van der Waals surface area (Å²) in [4.78, 5) is 38.5. The minimum atomic E-state index is -5.11. The van der Waals surface area contributed by atoms with E-state index in [1.165, 1.54) is 84.9 Å². The second kappa shape index (κ2) is 42.3. The minimum Gasteiger partial charge on any atom is -0.444 e. The van der Waals surface area contributed by atoms with Gasteiger partial charge in [0, 0.05) is 41.4 Å². The van der Waals surface area contributed by atoms with Crippen LogP contribution in [-0.4, -0.2) is 76.1 Å². The van der Waals surface area contributed by atoms with Crippen LogP contribution in [0.25, 0.3) is 0 Å². The van der Waals surface area contributed by atoms with Crippen LogP contribution in [0, 0.1) is 42.9 Å². The second-order valence-corrected chi connectivity index (χ2v) is 28.7. The Balaban J connectivity index is 0.000000204. The molecule has 0 saturated carbocycles. The number of rotatable bonds is 28. The fraction of sp³-hybridized carbons (Fsp3) is 0.194. The van der Waals surface area contributed by atoms with Crippen LogP contribution < -0.4 is 53.8 Å². The molecule has 15 nitrogen and oxygen atoms in total. The van der Waals surface area contributed by atoms with E-state index in [9.17, 15) is 115 Å². The zero-order valence-electron chi connectivity index (χ0n) is 67.7. The first-order chi connectivity index (χ1) is 61.6. The number of hydrogen-bond acceptors (Lipinski definition) is 12. The van der Waals surface area contributed by atoms with Crippen molar-refractivity contribution in [3.05, 3.63) is 381 Å². The number of ether oxygens (including phenoxy) is 9. The Bertz CT molecular complexity index is 5390. The van der Waals surface area contributed by atoms with Gasteiger partial charge in [-0.25, -0.2) is 36.3 Å². The van der Waals surface area contributed by atoms with Gasteiger partial charge in [0.05, 0.1) is 5.56 Å². The molecule has 690 valence electrons. The third kappa shape index (κ3) is 29.3. The Morgan fingerprint density at radius 1 is 0.267 bits per heavy atom. The number of carbonyl (C=O) groups excluding carboxylic acids is 3. The van der Waals surface area contributed by atoms with Crippen molar-refractivity contribution in [3.63, 3.8) is 0 Å². The van der Waals surface area contributed by atoms with Gasteiger partial charge < -0.3 is 58.6 Å². The molecule has 0 spiro atoms. The first-order valence-electron chi connectivity index (χ1n) is 38.4. The Morgan fingerprint density at radius 3 is 0.779 bits per heavy atom. The Hall–Kier alpha value is -14.4. The van der Waals surface area contributed by atoms with Crippen molar-refractivity contribution < 1.29 is 158 Å². The van der Waals surface area contributed by atoms with Gasteiger partial charge in [0.2, 0.25) is 0 Å². The van der Waals surface area contributed by atoms with E-state index in [1.54, 1.807) is 115 Å². The van der Waals surface area contributed by atoms with Crippen molar-refractivity contribution in [2.45, 2.75) is 94.1 Å². The highest BCUT2D eigenvalue weighted by Crippen LogP contribution is 2.45. The summed E-state index contributed by atoms with van der Waals surface area (Å²) < 4.78 is 346. The molecule has 0 unspecified atom stereocenters. The number of carbonyl (C=O) groups is 3. The highest BCUT2D eigenvalue weighted by molar-refractivity contribution is 5.72. The molecule has 0 radical (unpaired) electrons.